The Morgan fingerprint density at radius 2 is 1.89 bits per heavy atom. The van der Waals surface area contributed by atoms with Crippen LogP contribution in [0.15, 0.2) is 75.3 Å². The van der Waals surface area contributed by atoms with E-state index in [9.17, 15) is 34.4 Å². The lowest BCUT2D eigenvalue weighted by molar-refractivity contribution is -0.384. The van der Waals surface area contributed by atoms with Gasteiger partial charge in [-0.3, -0.25) is 29.3 Å². The van der Waals surface area contributed by atoms with Gasteiger partial charge in [0.25, 0.3) is 5.69 Å². The van der Waals surface area contributed by atoms with Crippen LogP contribution in [0.5, 0.6) is 0 Å². The number of furan rings is 1. The second-order valence-electron chi connectivity index (χ2n) is 9.98. The number of nitro groups is 1. The van der Waals surface area contributed by atoms with Gasteiger partial charge in [0, 0.05) is 28.9 Å². The highest BCUT2D eigenvalue weighted by atomic mass is 16.6. The van der Waals surface area contributed by atoms with Gasteiger partial charge >= 0.3 is 0 Å². The molecule has 1 fully saturated rings. The van der Waals surface area contributed by atoms with Crippen molar-refractivity contribution in [1.82, 2.24) is 0 Å². The number of nitro benzene ring substituents is 1. The first kappa shape index (κ1) is 23.9. The number of anilines is 1. The van der Waals surface area contributed by atoms with Crippen LogP contribution in [0.2, 0.25) is 0 Å². The van der Waals surface area contributed by atoms with Gasteiger partial charge in [-0.25, -0.2) is 4.90 Å². The first-order valence-electron chi connectivity index (χ1n) is 12.2. The van der Waals surface area contributed by atoms with E-state index in [-0.39, 0.29) is 42.4 Å². The normalized spacial score (nSPS) is 26.6. The minimum atomic E-state index is -0.805. The van der Waals surface area contributed by atoms with E-state index in [4.69, 9.17) is 4.42 Å². The van der Waals surface area contributed by atoms with Crippen LogP contribution in [-0.2, 0) is 25.8 Å². The van der Waals surface area contributed by atoms with Gasteiger partial charge in [-0.05, 0) is 50.0 Å². The number of imide groups is 1. The van der Waals surface area contributed by atoms with Crippen LogP contribution < -0.4 is 4.90 Å². The lowest BCUT2D eigenvalue weighted by atomic mass is 9.60. The molecule has 1 aromatic heterocycles. The van der Waals surface area contributed by atoms with E-state index >= 15 is 0 Å². The summed E-state index contributed by atoms with van der Waals surface area (Å²) in [5.74, 6) is -3.66. The van der Waals surface area contributed by atoms with Crippen LogP contribution in [0.3, 0.4) is 0 Å². The molecule has 1 N–H and O–H groups in total. The third kappa shape index (κ3) is 3.37. The summed E-state index contributed by atoms with van der Waals surface area (Å²) in [6.07, 6.45) is 3.50. The summed E-state index contributed by atoms with van der Waals surface area (Å²) in [4.78, 5) is 65.4. The maximum Gasteiger partial charge on any atom is 0.271 e. The zero-order valence-corrected chi connectivity index (χ0v) is 20.2. The van der Waals surface area contributed by atoms with Crippen LogP contribution in [0.4, 0.5) is 11.4 Å². The molecule has 0 bridgehead atoms. The molecule has 1 aliphatic heterocycles. The van der Waals surface area contributed by atoms with Gasteiger partial charge in [0.05, 0.1) is 28.4 Å². The Bertz CT molecular complexity index is 1560. The van der Waals surface area contributed by atoms with E-state index < -0.39 is 40.4 Å². The minimum absolute atomic E-state index is 0.114. The van der Waals surface area contributed by atoms with E-state index in [1.165, 1.54) is 30.3 Å². The Hall–Kier alpha value is -4.44. The molecule has 38 heavy (non-hydrogen) atoms. The fourth-order valence-electron chi connectivity index (χ4n) is 6.32. The molecule has 2 heterocycles. The van der Waals surface area contributed by atoms with E-state index in [1.54, 1.807) is 19.1 Å². The Morgan fingerprint density at radius 1 is 1.11 bits per heavy atom. The summed E-state index contributed by atoms with van der Waals surface area (Å²) in [6, 6.07) is 8.63. The Balaban J connectivity index is 1.46. The molecule has 192 valence electrons. The van der Waals surface area contributed by atoms with Gasteiger partial charge in [-0.15, -0.1) is 0 Å². The summed E-state index contributed by atoms with van der Waals surface area (Å²) < 4.78 is 5.84. The zero-order valence-electron chi connectivity index (χ0n) is 20.2. The highest BCUT2D eigenvalue weighted by Gasteiger charge is 2.57. The molecule has 4 aliphatic rings. The number of ketones is 2. The fraction of sp³-hybridized carbons (Fsp3) is 0.286. The van der Waals surface area contributed by atoms with Gasteiger partial charge in [0.15, 0.2) is 11.6 Å². The Kier molecular flexibility index (Phi) is 5.39. The second kappa shape index (κ2) is 8.56. The number of non-ortho nitro benzene ring substituents is 1. The SMILES string of the molecule is CC1=CC(=O)C2=C(C1=O)C(c1ccc(CO)o1)C1=CCC3C(=O)N(c4cccc([N+](=O)[O-])c4)C(=O)C3C1C2. The standard InChI is InChI=1S/C28H22N2O8/c1-13-9-21(32)20-11-19-17(24(25(20)26(13)33)22-8-5-16(12-31)38-22)6-7-18-23(19)28(35)29(27(18)34)14-3-2-4-15(10-14)30(36)37/h2-6,8-10,18-19,23-24,31H,7,11-12H2,1H3. The van der Waals surface area contributed by atoms with Crippen molar-refractivity contribution in [3.8, 4) is 0 Å². The molecule has 2 amide bonds. The molecular formula is C28H22N2O8. The third-order valence-electron chi connectivity index (χ3n) is 7.99. The summed E-state index contributed by atoms with van der Waals surface area (Å²) >= 11 is 0. The van der Waals surface area contributed by atoms with Crippen molar-refractivity contribution in [2.75, 3.05) is 4.90 Å². The summed E-state index contributed by atoms with van der Waals surface area (Å²) in [7, 11) is 0. The number of carbonyl (C=O) groups is 4. The number of hydrogen-bond acceptors (Lipinski definition) is 8. The minimum Gasteiger partial charge on any atom is -0.463 e. The van der Waals surface area contributed by atoms with Gasteiger partial charge in [-0.1, -0.05) is 17.7 Å². The molecule has 0 spiro atoms. The van der Waals surface area contributed by atoms with Crippen molar-refractivity contribution in [3.05, 3.63) is 92.5 Å². The molecule has 4 atom stereocenters. The van der Waals surface area contributed by atoms with Crippen molar-refractivity contribution in [2.45, 2.75) is 32.3 Å². The molecular weight excluding hydrogens is 492 g/mol. The lowest BCUT2D eigenvalue weighted by Gasteiger charge is -2.41. The van der Waals surface area contributed by atoms with Crippen molar-refractivity contribution < 1.29 is 33.6 Å². The number of aliphatic hydroxyl groups excluding tert-OH is 1. The molecule has 1 aromatic carbocycles. The number of aliphatic hydroxyl groups is 1. The molecule has 4 unspecified atom stereocenters. The quantitative estimate of drug-likeness (QED) is 0.215. The molecule has 2 aromatic rings. The number of allylic oxidation sites excluding steroid dienone is 6. The predicted molar refractivity (Wildman–Crippen MR) is 132 cm³/mol. The number of fused-ring (bicyclic) bond motifs is 3. The molecule has 6 rings (SSSR count). The van der Waals surface area contributed by atoms with Crippen molar-refractivity contribution in [3.63, 3.8) is 0 Å². The largest absolute Gasteiger partial charge is 0.463 e. The Morgan fingerprint density at radius 3 is 2.61 bits per heavy atom. The monoisotopic (exact) mass is 514 g/mol. The third-order valence-corrected chi connectivity index (χ3v) is 7.99. The number of benzene rings is 1. The van der Waals surface area contributed by atoms with E-state index in [0.717, 1.165) is 10.5 Å². The van der Waals surface area contributed by atoms with Crippen molar-refractivity contribution in [1.29, 1.82) is 0 Å². The summed E-state index contributed by atoms with van der Waals surface area (Å²) in [5, 5.41) is 20.8. The number of carbonyl (C=O) groups excluding carboxylic acids is 4. The summed E-state index contributed by atoms with van der Waals surface area (Å²) in [6.45, 7) is 1.23. The topological polar surface area (TPSA) is 148 Å². The highest BCUT2D eigenvalue weighted by molar-refractivity contribution is 6.25. The first-order valence-corrected chi connectivity index (χ1v) is 12.2. The summed E-state index contributed by atoms with van der Waals surface area (Å²) in [5.41, 5.74) is 1.52. The van der Waals surface area contributed by atoms with Gasteiger partial charge in [-0.2, -0.15) is 0 Å². The van der Waals surface area contributed by atoms with Crippen LogP contribution in [0.1, 0.15) is 37.2 Å². The maximum atomic E-state index is 13.8. The second-order valence-corrected chi connectivity index (χ2v) is 9.98. The molecule has 0 saturated carbocycles. The Labute approximate surface area is 216 Å². The molecule has 3 aliphatic carbocycles. The lowest BCUT2D eigenvalue weighted by Crippen LogP contribution is -2.39. The number of nitrogens with zero attached hydrogens (tertiary/aromatic N) is 2. The highest BCUT2D eigenvalue weighted by Crippen LogP contribution is 2.55. The number of amides is 2. The zero-order chi connectivity index (χ0) is 26.9. The molecule has 10 nitrogen and oxygen atoms in total. The van der Waals surface area contributed by atoms with Crippen molar-refractivity contribution >= 4 is 34.8 Å². The van der Waals surface area contributed by atoms with Crippen molar-refractivity contribution in [2.24, 2.45) is 17.8 Å². The molecule has 10 heteroatoms. The molecule has 1 saturated heterocycles. The smallest absolute Gasteiger partial charge is 0.271 e. The maximum absolute atomic E-state index is 13.8. The van der Waals surface area contributed by atoms with E-state index in [1.807, 2.05) is 6.08 Å². The first-order chi connectivity index (χ1) is 18.2. The van der Waals surface area contributed by atoms with Crippen LogP contribution in [-0.4, -0.2) is 33.4 Å². The average molecular weight is 514 g/mol. The average Bonchev–Trinajstić information content (AvgIpc) is 3.48. The molecule has 0 radical (unpaired) electrons. The van der Waals surface area contributed by atoms with Crippen LogP contribution >= 0.6 is 0 Å². The van der Waals surface area contributed by atoms with Crippen LogP contribution in [0.25, 0.3) is 0 Å². The van der Waals surface area contributed by atoms with E-state index in [0.29, 0.717) is 28.2 Å². The predicted octanol–water partition coefficient (Wildman–Crippen LogP) is 3.31. The van der Waals surface area contributed by atoms with Crippen LogP contribution in [0, 0.1) is 27.9 Å². The van der Waals surface area contributed by atoms with Gasteiger partial charge < -0.3 is 9.52 Å². The van der Waals surface area contributed by atoms with Gasteiger partial charge in [0.1, 0.15) is 18.1 Å². The fourth-order valence-corrected chi connectivity index (χ4v) is 6.32. The van der Waals surface area contributed by atoms with E-state index in [2.05, 4.69) is 0 Å². The number of hydrogen-bond donors (Lipinski definition) is 1. The van der Waals surface area contributed by atoms with Gasteiger partial charge in [0.2, 0.25) is 11.8 Å². The number of Topliss-reactive ketones (excluding diaryl/α,β-unsaturated/α-hetero) is 1. The number of rotatable bonds is 4.